The average Bonchev–Trinajstić information content (AvgIpc) is 3.12. The van der Waals surface area contributed by atoms with E-state index in [1.165, 1.54) is 41.6 Å². The Morgan fingerprint density at radius 2 is 2.04 bits per heavy atom. The number of nitrogens with zero attached hydrogens (tertiary/aromatic N) is 3. The van der Waals surface area contributed by atoms with Crippen LogP contribution in [0.25, 0.3) is 20.7 Å². The molecule has 8 heteroatoms. The van der Waals surface area contributed by atoms with Crippen LogP contribution in [0.15, 0.2) is 66.2 Å². The number of carbonyl (C=O) groups excluding carboxylic acids is 1. The molecule has 0 bridgehead atoms. The van der Waals surface area contributed by atoms with Crippen LogP contribution in [0.3, 0.4) is 0 Å². The van der Waals surface area contributed by atoms with Gasteiger partial charge in [-0.05, 0) is 35.9 Å². The molecule has 0 fully saturated rings. The van der Waals surface area contributed by atoms with Gasteiger partial charge in [0.1, 0.15) is 17.2 Å². The number of pyridine rings is 1. The van der Waals surface area contributed by atoms with Crippen LogP contribution in [0, 0.1) is 5.82 Å². The van der Waals surface area contributed by atoms with Gasteiger partial charge in [0.15, 0.2) is 0 Å². The van der Waals surface area contributed by atoms with Crippen molar-refractivity contribution in [2.24, 2.45) is 0 Å². The molecule has 4 aromatic rings. The van der Waals surface area contributed by atoms with Gasteiger partial charge in [-0.3, -0.25) is 9.78 Å². The second-order valence-electron chi connectivity index (χ2n) is 5.59. The maximum atomic E-state index is 13.1. The van der Waals surface area contributed by atoms with Gasteiger partial charge in [-0.15, -0.1) is 11.3 Å². The third-order valence-corrected chi connectivity index (χ3v) is 5.99. The molecule has 0 atom stereocenters. The van der Waals surface area contributed by atoms with Crippen LogP contribution in [0.1, 0.15) is 0 Å². The minimum atomic E-state index is -0.268. The fourth-order valence-electron chi connectivity index (χ4n) is 2.46. The summed E-state index contributed by atoms with van der Waals surface area (Å²) in [5, 5.41) is 3.55. The molecular formula is C19H13FN4OS2. The van der Waals surface area contributed by atoms with Gasteiger partial charge < -0.3 is 5.32 Å². The molecular weight excluding hydrogens is 383 g/mol. The van der Waals surface area contributed by atoms with Gasteiger partial charge in [-0.25, -0.2) is 14.4 Å². The minimum absolute atomic E-state index is 0.130. The summed E-state index contributed by atoms with van der Waals surface area (Å²) in [6.45, 7) is 0. The quantitative estimate of drug-likeness (QED) is 0.394. The first kappa shape index (κ1) is 17.6. The lowest BCUT2D eigenvalue weighted by Crippen LogP contribution is -2.14. The summed E-state index contributed by atoms with van der Waals surface area (Å²) >= 11 is 2.88. The standard InChI is InChI=1S/C19H13FN4OS2/c20-13-5-3-12(4-6-13)16-8-15-18(27-16)19(23-11-22-15)26-10-17(25)24-14-2-1-7-21-9-14/h1-9,11H,10H2,(H,24,25). The Labute approximate surface area is 162 Å². The number of thiophene rings is 1. The molecule has 0 unspecified atom stereocenters. The van der Waals surface area contributed by atoms with Crippen LogP contribution in [0.2, 0.25) is 0 Å². The first-order chi connectivity index (χ1) is 13.2. The Bertz CT molecular complexity index is 1080. The number of halogens is 1. The molecule has 134 valence electrons. The average molecular weight is 396 g/mol. The zero-order chi connectivity index (χ0) is 18.6. The molecule has 0 aliphatic heterocycles. The molecule has 3 aromatic heterocycles. The van der Waals surface area contributed by atoms with Crippen molar-refractivity contribution in [2.45, 2.75) is 5.03 Å². The Morgan fingerprint density at radius 3 is 2.81 bits per heavy atom. The first-order valence-electron chi connectivity index (χ1n) is 8.02. The van der Waals surface area contributed by atoms with Crippen LogP contribution < -0.4 is 5.32 Å². The number of aromatic nitrogens is 3. The van der Waals surface area contributed by atoms with Crippen molar-refractivity contribution >= 4 is 44.9 Å². The van der Waals surface area contributed by atoms with Gasteiger partial charge in [0, 0.05) is 11.1 Å². The number of carbonyl (C=O) groups is 1. The Hall–Kier alpha value is -2.84. The van der Waals surface area contributed by atoms with Crippen molar-refractivity contribution < 1.29 is 9.18 Å². The Kier molecular flexibility index (Phi) is 5.08. The van der Waals surface area contributed by atoms with E-state index in [0.29, 0.717) is 5.69 Å². The molecule has 5 nitrogen and oxygen atoms in total. The number of rotatable bonds is 5. The largest absolute Gasteiger partial charge is 0.324 e. The lowest BCUT2D eigenvalue weighted by molar-refractivity contribution is -0.113. The number of hydrogen-bond acceptors (Lipinski definition) is 6. The number of benzene rings is 1. The lowest BCUT2D eigenvalue weighted by atomic mass is 10.2. The normalized spacial score (nSPS) is 10.9. The zero-order valence-corrected chi connectivity index (χ0v) is 15.6. The van der Waals surface area contributed by atoms with Gasteiger partial charge in [-0.1, -0.05) is 23.9 Å². The van der Waals surface area contributed by atoms with E-state index < -0.39 is 0 Å². The number of thioether (sulfide) groups is 1. The highest BCUT2D eigenvalue weighted by molar-refractivity contribution is 8.00. The van der Waals surface area contributed by atoms with E-state index in [1.54, 1.807) is 36.7 Å². The summed E-state index contributed by atoms with van der Waals surface area (Å²) in [5.74, 6) is -0.171. The number of fused-ring (bicyclic) bond motifs is 1. The zero-order valence-electron chi connectivity index (χ0n) is 13.9. The maximum Gasteiger partial charge on any atom is 0.234 e. The summed E-state index contributed by atoms with van der Waals surface area (Å²) in [7, 11) is 0. The SMILES string of the molecule is O=C(CSc1ncnc2cc(-c3ccc(F)cc3)sc12)Nc1cccnc1. The molecule has 3 heterocycles. The van der Waals surface area contributed by atoms with Crippen LogP contribution in [-0.2, 0) is 4.79 Å². The first-order valence-corrected chi connectivity index (χ1v) is 9.82. The molecule has 27 heavy (non-hydrogen) atoms. The van der Waals surface area contributed by atoms with Crippen molar-refractivity contribution in [3.63, 3.8) is 0 Å². The van der Waals surface area contributed by atoms with E-state index in [1.807, 2.05) is 6.07 Å². The van der Waals surface area contributed by atoms with E-state index in [0.717, 1.165) is 25.7 Å². The molecule has 0 saturated heterocycles. The van der Waals surface area contributed by atoms with Gasteiger partial charge in [0.05, 0.1) is 27.9 Å². The summed E-state index contributed by atoms with van der Waals surface area (Å²) in [6.07, 6.45) is 4.74. The Balaban J connectivity index is 1.52. The van der Waals surface area contributed by atoms with Crippen LogP contribution in [0.5, 0.6) is 0 Å². The number of anilines is 1. The third kappa shape index (κ3) is 4.12. The van der Waals surface area contributed by atoms with Gasteiger partial charge in [-0.2, -0.15) is 0 Å². The van der Waals surface area contributed by atoms with Crippen molar-refractivity contribution in [1.82, 2.24) is 15.0 Å². The van der Waals surface area contributed by atoms with Gasteiger partial charge in [0.25, 0.3) is 0 Å². The van der Waals surface area contributed by atoms with Crippen molar-refractivity contribution in [3.8, 4) is 10.4 Å². The topological polar surface area (TPSA) is 67.8 Å². The number of amides is 1. The minimum Gasteiger partial charge on any atom is -0.324 e. The number of hydrogen-bond donors (Lipinski definition) is 1. The van der Waals surface area contributed by atoms with Crippen LogP contribution in [0.4, 0.5) is 10.1 Å². The number of nitrogens with one attached hydrogen (secondary N) is 1. The highest BCUT2D eigenvalue weighted by atomic mass is 32.2. The summed E-state index contributed by atoms with van der Waals surface area (Å²) in [5.41, 5.74) is 2.39. The van der Waals surface area contributed by atoms with Crippen molar-refractivity contribution in [3.05, 3.63) is 67.0 Å². The van der Waals surface area contributed by atoms with Gasteiger partial charge >= 0.3 is 0 Å². The molecule has 0 saturated carbocycles. The molecule has 1 amide bonds. The fraction of sp³-hybridized carbons (Fsp3) is 0.0526. The van der Waals surface area contributed by atoms with Crippen molar-refractivity contribution in [2.75, 3.05) is 11.1 Å². The molecule has 0 radical (unpaired) electrons. The summed E-state index contributed by atoms with van der Waals surface area (Å²) < 4.78 is 14.1. The monoisotopic (exact) mass is 396 g/mol. The highest BCUT2D eigenvalue weighted by Crippen LogP contribution is 2.36. The predicted molar refractivity (Wildman–Crippen MR) is 106 cm³/mol. The Morgan fingerprint density at radius 1 is 1.19 bits per heavy atom. The molecule has 0 aliphatic rings. The molecule has 1 N–H and O–H groups in total. The fourth-order valence-corrected chi connectivity index (χ4v) is 4.46. The van der Waals surface area contributed by atoms with E-state index in [4.69, 9.17) is 0 Å². The molecule has 0 aliphatic carbocycles. The lowest BCUT2D eigenvalue weighted by Gasteiger charge is -2.04. The molecule has 4 rings (SSSR count). The second kappa shape index (κ2) is 7.81. The van der Waals surface area contributed by atoms with Crippen LogP contribution in [-0.4, -0.2) is 26.6 Å². The summed E-state index contributed by atoms with van der Waals surface area (Å²) in [4.78, 5) is 25.7. The second-order valence-corrected chi connectivity index (χ2v) is 7.61. The third-order valence-electron chi connectivity index (χ3n) is 3.69. The van der Waals surface area contributed by atoms with Crippen molar-refractivity contribution in [1.29, 1.82) is 0 Å². The predicted octanol–water partition coefficient (Wildman–Crippen LogP) is 4.62. The van der Waals surface area contributed by atoms with E-state index >= 15 is 0 Å². The molecule has 0 spiro atoms. The smallest absolute Gasteiger partial charge is 0.234 e. The highest BCUT2D eigenvalue weighted by Gasteiger charge is 2.12. The van der Waals surface area contributed by atoms with E-state index in [9.17, 15) is 9.18 Å². The van der Waals surface area contributed by atoms with E-state index in [2.05, 4.69) is 20.3 Å². The van der Waals surface area contributed by atoms with Crippen LogP contribution >= 0.6 is 23.1 Å². The van der Waals surface area contributed by atoms with Gasteiger partial charge in [0.2, 0.25) is 5.91 Å². The van der Waals surface area contributed by atoms with E-state index in [-0.39, 0.29) is 17.5 Å². The maximum absolute atomic E-state index is 13.1. The molecule has 1 aromatic carbocycles. The summed E-state index contributed by atoms with van der Waals surface area (Å²) in [6, 6.07) is 11.8.